The molecule has 2 heterocycles. The van der Waals surface area contributed by atoms with Gasteiger partial charge >= 0.3 is 0 Å². The Morgan fingerprint density at radius 2 is 2.05 bits per heavy atom. The maximum Gasteiger partial charge on any atom is 0.140 e. The zero-order valence-electron chi connectivity index (χ0n) is 12.3. The first-order chi connectivity index (χ1) is 10.7. The topological polar surface area (TPSA) is 47.0 Å². The number of rotatable bonds is 5. The molecule has 114 valence electrons. The lowest BCUT2D eigenvalue weighted by Gasteiger charge is -2.16. The first-order valence-electron chi connectivity index (χ1n) is 6.91. The second kappa shape index (κ2) is 6.60. The Morgan fingerprint density at radius 3 is 2.77 bits per heavy atom. The van der Waals surface area contributed by atoms with E-state index in [0.29, 0.717) is 11.6 Å². The van der Waals surface area contributed by atoms with Crippen LogP contribution in [0.3, 0.4) is 0 Å². The molecule has 0 aliphatic carbocycles. The van der Waals surface area contributed by atoms with Crippen LogP contribution in [0.1, 0.15) is 24.1 Å². The van der Waals surface area contributed by atoms with Gasteiger partial charge in [-0.1, -0.05) is 35.9 Å². The summed E-state index contributed by atoms with van der Waals surface area (Å²) in [7, 11) is 1.70. The maximum absolute atomic E-state index is 6.24. The molecule has 0 radical (unpaired) electrons. The van der Waals surface area contributed by atoms with Crippen molar-refractivity contribution >= 4 is 39.0 Å². The van der Waals surface area contributed by atoms with Gasteiger partial charge < -0.3 is 10.1 Å². The molecule has 3 aromatic rings. The van der Waals surface area contributed by atoms with Crippen LogP contribution >= 0.6 is 22.9 Å². The summed E-state index contributed by atoms with van der Waals surface area (Å²) in [5, 5.41) is 6.88. The van der Waals surface area contributed by atoms with E-state index in [0.717, 1.165) is 21.6 Å². The van der Waals surface area contributed by atoms with Gasteiger partial charge in [-0.25, -0.2) is 9.97 Å². The van der Waals surface area contributed by atoms with E-state index in [1.165, 1.54) is 16.9 Å². The van der Waals surface area contributed by atoms with Gasteiger partial charge in [-0.15, -0.1) is 11.3 Å². The lowest BCUT2D eigenvalue weighted by atomic mass is 10.1. The molecular weight excluding hydrogens is 318 g/mol. The summed E-state index contributed by atoms with van der Waals surface area (Å²) >= 11 is 7.76. The number of benzene rings is 1. The number of halogens is 1. The average molecular weight is 334 g/mol. The van der Waals surface area contributed by atoms with Gasteiger partial charge in [-0.2, -0.15) is 0 Å². The van der Waals surface area contributed by atoms with Gasteiger partial charge in [0.05, 0.1) is 17.0 Å². The molecule has 0 amide bonds. The van der Waals surface area contributed by atoms with Gasteiger partial charge in [0.25, 0.3) is 0 Å². The van der Waals surface area contributed by atoms with Crippen molar-refractivity contribution in [1.29, 1.82) is 0 Å². The molecule has 0 spiro atoms. The Bertz CT molecular complexity index is 773. The van der Waals surface area contributed by atoms with Gasteiger partial charge in [0.1, 0.15) is 17.0 Å². The van der Waals surface area contributed by atoms with Gasteiger partial charge in [-0.05, 0) is 18.1 Å². The summed E-state index contributed by atoms with van der Waals surface area (Å²) < 4.78 is 5.13. The number of ether oxygens (including phenoxy) is 1. The van der Waals surface area contributed by atoms with Crippen LogP contribution in [0.4, 0.5) is 5.82 Å². The van der Waals surface area contributed by atoms with Crippen LogP contribution in [0.15, 0.2) is 36.0 Å². The normalized spacial score (nSPS) is 12.5. The number of anilines is 1. The van der Waals surface area contributed by atoms with E-state index in [1.807, 2.05) is 5.38 Å². The highest BCUT2D eigenvalue weighted by Gasteiger charge is 2.13. The number of nitrogens with zero attached hydrogens (tertiary/aromatic N) is 2. The van der Waals surface area contributed by atoms with E-state index < -0.39 is 0 Å². The van der Waals surface area contributed by atoms with Crippen LogP contribution in [-0.2, 0) is 11.3 Å². The van der Waals surface area contributed by atoms with Crippen LogP contribution in [0.5, 0.6) is 0 Å². The monoisotopic (exact) mass is 333 g/mol. The minimum absolute atomic E-state index is 0.116. The van der Waals surface area contributed by atoms with Crippen molar-refractivity contribution in [3.63, 3.8) is 0 Å². The molecule has 0 aliphatic rings. The first-order valence-corrected chi connectivity index (χ1v) is 8.17. The molecule has 0 saturated carbocycles. The number of thiophene rings is 1. The summed E-state index contributed by atoms with van der Waals surface area (Å²) in [5.74, 6) is 0.768. The standard InChI is InChI=1S/C16H16ClN3OS/c1-10(12-5-3-11(4-6-12)7-21-2)20-15-14-13(17)8-22-16(14)19-9-18-15/h3-6,8-10H,7H2,1-2H3,(H,18,19,20). The van der Waals surface area contributed by atoms with Crippen LogP contribution < -0.4 is 5.32 Å². The zero-order chi connectivity index (χ0) is 15.5. The number of hydrogen-bond donors (Lipinski definition) is 1. The number of nitrogens with one attached hydrogen (secondary N) is 1. The molecule has 0 saturated heterocycles. The fourth-order valence-electron chi connectivity index (χ4n) is 2.31. The molecular formula is C16H16ClN3OS. The Labute approximate surface area is 138 Å². The predicted octanol–water partition coefficient (Wildman–Crippen LogP) is 4.66. The lowest BCUT2D eigenvalue weighted by molar-refractivity contribution is 0.185. The van der Waals surface area contributed by atoms with E-state index in [1.54, 1.807) is 13.4 Å². The molecule has 3 rings (SSSR count). The minimum Gasteiger partial charge on any atom is -0.380 e. The molecule has 4 nitrogen and oxygen atoms in total. The number of methoxy groups -OCH3 is 1. The Hall–Kier alpha value is -1.69. The van der Waals surface area contributed by atoms with Crippen LogP contribution in [0.2, 0.25) is 5.02 Å². The van der Waals surface area contributed by atoms with Crippen molar-refractivity contribution in [2.45, 2.75) is 19.6 Å². The fourth-order valence-corrected chi connectivity index (χ4v) is 3.44. The maximum atomic E-state index is 6.24. The van der Waals surface area contributed by atoms with E-state index in [-0.39, 0.29) is 6.04 Å². The van der Waals surface area contributed by atoms with E-state index in [9.17, 15) is 0 Å². The van der Waals surface area contributed by atoms with Gasteiger partial charge in [0.15, 0.2) is 0 Å². The fraction of sp³-hybridized carbons (Fsp3) is 0.250. The van der Waals surface area contributed by atoms with Gasteiger partial charge in [0, 0.05) is 18.5 Å². The van der Waals surface area contributed by atoms with E-state index in [4.69, 9.17) is 16.3 Å². The van der Waals surface area contributed by atoms with E-state index >= 15 is 0 Å². The zero-order valence-corrected chi connectivity index (χ0v) is 13.9. The first kappa shape index (κ1) is 15.2. The molecule has 22 heavy (non-hydrogen) atoms. The van der Waals surface area contributed by atoms with Crippen molar-refractivity contribution in [2.75, 3.05) is 12.4 Å². The Morgan fingerprint density at radius 1 is 1.27 bits per heavy atom. The molecule has 1 N–H and O–H groups in total. The van der Waals surface area contributed by atoms with Gasteiger partial charge in [-0.3, -0.25) is 0 Å². The quantitative estimate of drug-likeness (QED) is 0.737. The molecule has 2 aromatic heterocycles. The van der Waals surface area contributed by atoms with Crippen molar-refractivity contribution in [3.8, 4) is 0 Å². The number of fused-ring (bicyclic) bond motifs is 1. The highest BCUT2D eigenvalue weighted by atomic mass is 35.5. The average Bonchev–Trinajstić information content (AvgIpc) is 2.91. The van der Waals surface area contributed by atoms with Crippen molar-refractivity contribution in [1.82, 2.24) is 9.97 Å². The molecule has 1 atom stereocenters. The number of hydrogen-bond acceptors (Lipinski definition) is 5. The molecule has 1 aromatic carbocycles. The van der Waals surface area contributed by atoms with Crippen molar-refractivity contribution < 1.29 is 4.74 Å². The lowest BCUT2D eigenvalue weighted by Crippen LogP contribution is -2.08. The number of aromatic nitrogens is 2. The molecule has 0 aliphatic heterocycles. The largest absolute Gasteiger partial charge is 0.380 e. The van der Waals surface area contributed by atoms with Crippen LogP contribution in [-0.4, -0.2) is 17.1 Å². The third-order valence-electron chi connectivity index (χ3n) is 3.47. The molecule has 1 unspecified atom stereocenters. The SMILES string of the molecule is COCc1ccc(C(C)Nc2ncnc3scc(Cl)c23)cc1. The Balaban J connectivity index is 1.83. The van der Waals surface area contributed by atoms with Crippen molar-refractivity contribution in [3.05, 3.63) is 52.1 Å². The summed E-state index contributed by atoms with van der Waals surface area (Å²) in [6.45, 7) is 2.72. The summed E-state index contributed by atoms with van der Waals surface area (Å²) in [4.78, 5) is 9.47. The Kier molecular flexibility index (Phi) is 4.57. The highest BCUT2D eigenvalue weighted by molar-refractivity contribution is 7.17. The molecule has 0 fully saturated rings. The second-order valence-corrected chi connectivity index (χ2v) is 6.29. The molecule has 0 bridgehead atoms. The summed E-state index contributed by atoms with van der Waals surface area (Å²) in [6, 6.07) is 8.46. The third kappa shape index (κ3) is 3.06. The predicted molar refractivity (Wildman–Crippen MR) is 91.6 cm³/mol. The van der Waals surface area contributed by atoms with Gasteiger partial charge in [0.2, 0.25) is 0 Å². The highest BCUT2D eigenvalue weighted by Crippen LogP contribution is 2.34. The second-order valence-electron chi connectivity index (χ2n) is 5.03. The van der Waals surface area contributed by atoms with E-state index in [2.05, 4.69) is 46.5 Å². The molecule has 6 heteroatoms. The van der Waals surface area contributed by atoms with Crippen LogP contribution in [0, 0.1) is 0 Å². The van der Waals surface area contributed by atoms with Crippen LogP contribution in [0.25, 0.3) is 10.2 Å². The summed E-state index contributed by atoms with van der Waals surface area (Å²) in [6.07, 6.45) is 1.56. The smallest absolute Gasteiger partial charge is 0.140 e. The summed E-state index contributed by atoms with van der Waals surface area (Å²) in [5.41, 5.74) is 2.33. The third-order valence-corrected chi connectivity index (χ3v) is 4.78. The minimum atomic E-state index is 0.116. The van der Waals surface area contributed by atoms with Crippen molar-refractivity contribution in [2.24, 2.45) is 0 Å².